The molecule has 1 N–H and O–H groups in total. The van der Waals surface area contributed by atoms with Gasteiger partial charge >= 0.3 is 0 Å². The van der Waals surface area contributed by atoms with Crippen LogP contribution in [0.3, 0.4) is 0 Å². The SMILES string of the molecule is CN1C(=O)CO[C@@H](C(=O)Nc2ccon2)[C@@H]1c1ccc(Cl)cc1. The first-order valence-corrected chi connectivity index (χ1v) is 7.28. The molecule has 1 aliphatic rings. The van der Waals surface area contributed by atoms with Crippen molar-refractivity contribution in [3.05, 3.63) is 47.2 Å². The summed E-state index contributed by atoms with van der Waals surface area (Å²) >= 11 is 5.90. The fourth-order valence-corrected chi connectivity index (χ4v) is 2.59. The number of carbonyl (C=O) groups excluding carboxylic acids is 2. The zero-order valence-corrected chi connectivity index (χ0v) is 13.0. The lowest BCUT2D eigenvalue weighted by atomic mass is 9.97. The van der Waals surface area contributed by atoms with Crippen LogP contribution in [0.5, 0.6) is 0 Å². The van der Waals surface area contributed by atoms with Gasteiger partial charge in [0.2, 0.25) is 5.91 Å². The summed E-state index contributed by atoms with van der Waals surface area (Å²) < 4.78 is 10.2. The van der Waals surface area contributed by atoms with Crippen molar-refractivity contribution >= 4 is 29.2 Å². The third kappa shape index (κ3) is 3.20. The molecule has 1 aromatic heterocycles. The minimum Gasteiger partial charge on any atom is -0.363 e. The van der Waals surface area contributed by atoms with Gasteiger partial charge < -0.3 is 19.5 Å². The Balaban J connectivity index is 1.88. The number of nitrogens with zero attached hydrogens (tertiary/aromatic N) is 2. The highest BCUT2D eigenvalue weighted by Gasteiger charge is 2.40. The monoisotopic (exact) mass is 335 g/mol. The number of carbonyl (C=O) groups is 2. The Morgan fingerprint density at radius 2 is 2.09 bits per heavy atom. The van der Waals surface area contributed by atoms with Gasteiger partial charge in [-0.05, 0) is 17.7 Å². The molecule has 1 aromatic carbocycles. The molecule has 23 heavy (non-hydrogen) atoms. The highest BCUT2D eigenvalue weighted by molar-refractivity contribution is 6.30. The van der Waals surface area contributed by atoms with E-state index >= 15 is 0 Å². The molecule has 2 atom stereocenters. The molecule has 2 amide bonds. The third-order valence-corrected chi connectivity index (χ3v) is 3.89. The van der Waals surface area contributed by atoms with Crippen LogP contribution < -0.4 is 5.32 Å². The van der Waals surface area contributed by atoms with E-state index in [2.05, 4.69) is 15.0 Å². The molecule has 0 radical (unpaired) electrons. The zero-order valence-electron chi connectivity index (χ0n) is 12.2. The predicted molar refractivity (Wildman–Crippen MR) is 81.8 cm³/mol. The molecule has 120 valence electrons. The van der Waals surface area contributed by atoms with E-state index in [9.17, 15) is 9.59 Å². The van der Waals surface area contributed by atoms with Gasteiger partial charge in [0.05, 0.1) is 6.04 Å². The van der Waals surface area contributed by atoms with Gasteiger partial charge in [-0.2, -0.15) is 0 Å². The maximum atomic E-state index is 12.5. The van der Waals surface area contributed by atoms with Crippen LogP contribution >= 0.6 is 11.6 Å². The van der Waals surface area contributed by atoms with Crippen LogP contribution in [0.1, 0.15) is 11.6 Å². The van der Waals surface area contributed by atoms with E-state index in [-0.39, 0.29) is 18.3 Å². The molecule has 0 saturated carbocycles. The lowest BCUT2D eigenvalue weighted by molar-refractivity contribution is -0.160. The van der Waals surface area contributed by atoms with E-state index in [0.29, 0.717) is 5.02 Å². The molecule has 0 unspecified atom stereocenters. The average molecular weight is 336 g/mol. The Morgan fingerprint density at radius 1 is 1.35 bits per heavy atom. The number of ether oxygens (including phenoxy) is 1. The maximum Gasteiger partial charge on any atom is 0.257 e. The summed E-state index contributed by atoms with van der Waals surface area (Å²) in [4.78, 5) is 25.9. The standard InChI is InChI=1S/C15H14ClN3O4/c1-19-12(20)8-22-14(15(21)17-11-6-7-23-18-11)13(19)9-2-4-10(16)5-3-9/h2-7,13-14H,8H2,1H3,(H,17,18,21)/t13-,14+/m0/s1. The molecule has 1 aliphatic heterocycles. The number of amides is 2. The summed E-state index contributed by atoms with van der Waals surface area (Å²) in [7, 11) is 1.64. The smallest absolute Gasteiger partial charge is 0.257 e. The van der Waals surface area contributed by atoms with Crippen LogP contribution in [0, 0.1) is 0 Å². The number of likely N-dealkylation sites (N-methyl/N-ethyl adjacent to an activating group) is 1. The Bertz CT molecular complexity index is 702. The van der Waals surface area contributed by atoms with Gasteiger partial charge in [-0.3, -0.25) is 9.59 Å². The van der Waals surface area contributed by atoms with Crippen molar-refractivity contribution in [3.63, 3.8) is 0 Å². The summed E-state index contributed by atoms with van der Waals surface area (Å²) in [6, 6.07) is 7.91. The predicted octanol–water partition coefficient (Wildman–Crippen LogP) is 1.86. The van der Waals surface area contributed by atoms with Gasteiger partial charge in [0.25, 0.3) is 5.91 Å². The van der Waals surface area contributed by atoms with E-state index in [0.717, 1.165) is 5.56 Å². The summed E-state index contributed by atoms with van der Waals surface area (Å²) in [6.07, 6.45) is 0.486. The van der Waals surface area contributed by atoms with Crippen molar-refractivity contribution < 1.29 is 18.8 Å². The summed E-state index contributed by atoms with van der Waals surface area (Å²) in [5, 5.41) is 6.81. The quantitative estimate of drug-likeness (QED) is 0.925. The molecule has 1 saturated heterocycles. The molecular formula is C15H14ClN3O4. The number of hydrogen-bond donors (Lipinski definition) is 1. The van der Waals surface area contributed by atoms with E-state index in [4.69, 9.17) is 16.3 Å². The lowest BCUT2D eigenvalue weighted by Crippen LogP contribution is -2.51. The topological polar surface area (TPSA) is 84.7 Å². The molecule has 0 spiro atoms. The van der Waals surface area contributed by atoms with Crippen molar-refractivity contribution in [2.45, 2.75) is 12.1 Å². The Hall–Kier alpha value is -2.38. The molecule has 8 heteroatoms. The molecular weight excluding hydrogens is 322 g/mol. The fraction of sp³-hybridized carbons (Fsp3) is 0.267. The number of hydrogen-bond acceptors (Lipinski definition) is 5. The second kappa shape index (κ2) is 6.39. The summed E-state index contributed by atoms with van der Waals surface area (Å²) in [6.45, 7) is -0.155. The molecule has 2 heterocycles. The highest BCUT2D eigenvalue weighted by Crippen LogP contribution is 2.30. The van der Waals surface area contributed by atoms with Gasteiger partial charge in [0.1, 0.15) is 12.9 Å². The molecule has 0 aliphatic carbocycles. The van der Waals surface area contributed by atoms with Crippen LogP contribution in [0.25, 0.3) is 0 Å². The molecule has 0 bridgehead atoms. The fourth-order valence-electron chi connectivity index (χ4n) is 2.46. The maximum absolute atomic E-state index is 12.5. The van der Waals surface area contributed by atoms with E-state index in [1.54, 1.807) is 31.3 Å². The van der Waals surface area contributed by atoms with Crippen molar-refractivity contribution in [1.29, 1.82) is 0 Å². The summed E-state index contributed by atoms with van der Waals surface area (Å²) in [5.41, 5.74) is 0.755. The van der Waals surface area contributed by atoms with Gasteiger partial charge in [0.15, 0.2) is 11.9 Å². The minimum absolute atomic E-state index is 0.155. The number of aromatic nitrogens is 1. The number of rotatable bonds is 3. The summed E-state index contributed by atoms with van der Waals surface area (Å²) in [5.74, 6) is -0.318. The van der Waals surface area contributed by atoms with Crippen LogP contribution in [0.15, 0.2) is 41.1 Å². The van der Waals surface area contributed by atoms with Crippen molar-refractivity contribution in [2.24, 2.45) is 0 Å². The number of benzene rings is 1. The van der Waals surface area contributed by atoms with Crippen molar-refractivity contribution in [2.75, 3.05) is 19.0 Å². The first-order valence-electron chi connectivity index (χ1n) is 6.90. The number of morpholine rings is 1. The van der Waals surface area contributed by atoms with Crippen molar-refractivity contribution in [1.82, 2.24) is 10.1 Å². The second-order valence-corrected chi connectivity index (χ2v) is 5.54. The molecule has 2 aromatic rings. The molecule has 3 rings (SSSR count). The van der Waals surface area contributed by atoms with Gasteiger partial charge in [-0.15, -0.1) is 0 Å². The second-order valence-electron chi connectivity index (χ2n) is 5.11. The number of anilines is 1. The largest absolute Gasteiger partial charge is 0.363 e. The Kier molecular flexibility index (Phi) is 4.31. The van der Waals surface area contributed by atoms with Gasteiger partial charge in [0, 0.05) is 18.1 Å². The van der Waals surface area contributed by atoms with E-state index in [1.165, 1.54) is 17.2 Å². The first-order chi connectivity index (χ1) is 11.1. The first kappa shape index (κ1) is 15.5. The zero-order chi connectivity index (χ0) is 16.4. The minimum atomic E-state index is -0.865. The van der Waals surface area contributed by atoms with Gasteiger partial charge in [-0.1, -0.05) is 28.9 Å². The molecule has 7 nitrogen and oxygen atoms in total. The normalized spacial score (nSPS) is 21.3. The van der Waals surface area contributed by atoms with Crippen LogP contribution in [-0.4, -0.2) is 41.6 Å². The van der Waals surface area contributed by atoms with Crippen LogP contribution in [0.2, 0.25) is 5.02 Å². The number of nitrogens with one attached hydrogen (secondary N) is 1. The van der Waals surface area contributed by atoms with Crippen molar-refractivity contribution in [3.8, 4) is 0 Å². The highest BCUT2D eigenvalue weighted by atomic mass is 35.5. The van der Waals surface area contributed by atoms with Crippen LogP contribution in [-0.2, 0) is 14.3 Å². The average Bonchev–Trinajstić information content (AvgIpc) is 3.04. The third-order valence-electron chi connectivity index (χ3n) is 3.64. The van der Waals surface area contributed by atoms with Crippen LogP contribution in [0.4, 0.5) is 5.82 Å². The van der Waals surface area contributed by atoms with Gasteiger partial charge in [-0.25, -0.2) is 0 Å². The molecule has 1 fully saturated rings. The van der Waals surface area contributed by atoms with E-state index < -0.39 is 18.1 Å². The Morgan fingerprint density at radius 3 is 2.74 bits per heavy atom. The van der Waals surface area contributed by atoms with E-state index in [1.807, 2.05) is 0 Å². The Labute approximate surface area is 137 Å². The number of halogens is 1. The lowest BCUT2D eigenvalue weighted by Gasteiger charge is -2.38.